The number of aromatic nitrogens is 2. The summed E-state index contributed by atoms with van der Waals surface area (Å²) in [5.74, 6) is -0.158. The van der Waals surface area contributed by atoms with E-state index in [2.05, 4.69) is 18.8 Å². The van der Waals surface area contributed by atoms with Crippen molar-refractivity contribution in [3.05, 3.63) is 42.0 Å². The maximum Gasteiger partial charge on any atom is 0.243 e. The third-order valence-electron chi connectivity index (χ3n) is 4.54. The average Bonchev–Trinajstić information content (AvgIpc) is 3.11. The molecule has 146 valence electrons. The molecule has 0 fully saturated rings. The Labute approximate surface area is 166 Å². The number of sulfonamides is 1. The van der Waals surface area contributed by atoms with Crippen LogP contribution in [0.25, 0.3) is 11.0 Å². The molecule has 3 aromatic rings. The normalized spacial score (nSPS) is 14.0. The van der Waals surface area contributed by atoms with E-state index in [0.29, 0.717) is 16.9 Å². The molecular formula is C18H19N5O3S2. The zero-order chi connectivity index (χ0) is 19.7. The summed E-state index contributed by atoms with van der Waals surface area (Å²) in [6, 6.07) is 11.0. The first kappa shape index (κ1) is 18.6. The number of hydrogen-bond donors (Lipinski definition) is 2. The van der Waals surface area contributed by atoms with E-state index in [1.165, 1.54) is 0 Å². The molecule has 1 aliphatic heterocycles. The number of rotatable bonds is 5. The van der Waals surface area contributed by atoms with Gasteiger partial charge in [-0.15, -0.1) is 0 Å². The maximum absolute atomic E-state index is 12.7. The Morgan fingerprint density at radius 2 is 1.96 bits per heavy atom. The van der Waals surface area contributed by atoms with Crippen LogP contribution in [0.5, 0.6) is 0 Å². The second-order valence-electron chi connectivity index (χ2n) is 6.69. The van der Waals surface area contributed by atoms with Gasteiger partial charge < -0.3 is 10.2 Å². The number of nitrogens with one attached hydrogen (secondary N) is 2. The topological polar surface area (TPSA) is 104 Å². The predicted octanol–water partition coefficient (Wildman–Crippen LogP) is 2.45. The zero-order valence-corrected chi connectivity index (χ0v) is 16.8. The largest absolute Gasteiger partial charge is 0.362 e. The predicted molar refractivity (Wildman–Crippen MR) is 111 cm³/mol. The van der Waals surface area contributed by atoms with Crippen LogP contribution in [-0.2, 0) is 21.2 Å². The van der Waals surface area contributed by atoms with Crippen LogP contribution in [0.1, 0.15) is 12.0 Å². The number of carbonyl (C=O) groups is 1. The van der Waals surface area contributed by atoms with Crippen molar-refractivity contribution >= 4 is 55.8 Å². The van der Waals surface area contributed by atoms with Gasteiger partial charge in [-0.05, 0) is 42.7 Å². The summed E-state index contributed by atoms with van der Waals surface area (Å²) in [5.41, 5.74) is 4.44. The van der Waals surface area contributed by atoms with Crippen LogP contribution in [0.15, 0.2) is 36.4 Å². The van der Waals surface area contributed by atoms with Gasteiger partial charge in [0.05, 0.1) is 35.9 Å². The first-order valence-corrected chi connectivity index (χ1v) is 11.4. The Hall–Kier alpha value is -2.72. The number of benzene rings is 2. The molecule has 0 atom stereocenters. The summed E-state index contributed by atoms with van der Waals surface area (Å²) in [4.78, 5) is 14.6. The molecule has 0 saturated heterocycles. The molecule has 2 aromatic carbocycles. The lowest BCUT2D eigenvalue weighted by molar-refractivity contribution is -0.115. The Balaban J connectivity index is 1.54. The molecular weight excluding hydrogens is 398 g/mol. The van der Waals surface area contributed by atoms with Gasteiger partial charge in [-0.1, -0.05) is 12.1 Å². The van der Waals surface area contributed by atoms with Gasteiger partial charge in [-0.2, -0.15) is 8.75 Å². The Morgan fingerprint density at radius 3 is 2.79 bits per heavy atom. The van der Waals surface area contributed by atoms with Gasteiger partial charge in [0.2, 0.25) is 15.9 Å². The van der Waals surface area contributed by atoms with E-state index in [-0.39, 0.29) is 12.5 Å². The fourth-order valence-corrected chi connectivity index (χ4v) is 4.57. The summed E-state index contributed by atoms with van der Waals surface area (Å²) >= 11 is 1.11. The van der Waals surface area contributed by atoms with Crippen LogP contribution in [0.4, 0.5) is 17.1 Å². The standard InChI is InChI=1S/C18H19N5O3S2/c1-28(25,26)22-13-6-3-9-16-12(13)5-4-10-23(16)11-17(24)19-14-7-2-8-15-18(14)21-27-20-15/h2-3,6-9,22H,4-5,10-11H2,1H3,(H,19,24). The first-order chi connectivity index (χ1) is 13.4. The van der Waals surface area contributed by atoms with E-state index < -0.39 is 10.0 Å². The minimum absolute atomic E-state index is 0.158. The smallest absolute Gasteiger partial charge is 0.243 e. The number of carbonyl (C=O) groups excluding carboxylic acids is 1. The second kappa shape index (κ2) is 7.36. The Morgan fingerprint density at radius 1 is 1.18 bits per heavy atom. The number of nitrogens with zero attached hydrogens (tertiary/aromatic N) is 3. The van der Waals surface area contributed by atoms with Crippen molar-refractivity contribution in [1.29, 1.82) is 0 Å². The molecule has 0 saturated carbocycles. The molecule has 0 bridgehead atoms. The van der Waals surface area contributed by atoms with E-state index in [9.17, 15) is 13.2 Å². The number of anilines is 3. The molecule has 2 heterocycles. The third kappa shape index (κ3) is 3.92. The molecule has 1 aromatic heterocycles. The molecule has 1 aliphatic rings. The highest BCUT2D eigenvalue weighted by molar-refractivity contribution is 7.92. The second-order valence-corrected chi connectivity index (χ2v) is 8.97. The highest BCUT2D eigenvalue weighted by Gasteiger charge is 2.22. The Kier molecular flexibility index (Phi) is 4.90. The highest BCUT2D eigenvalue weighted by atomic mass is 32.2. The molecule has 2 N–H and O–H groups in total. The number of hydrogen-bond acceptors (Lipinski definition) is 7. The van der Waals surface area contributed by atoms with Gasteiger partial charge >= 0.3 is 0 Å². The molecule has 1 amide bonds. The fourth-order valence-electron chi connectivity index (χ4n) is 3.43. The van der Waals surface area contributed by atoms with E-state index >= 15 is 0 Å². The number of fused-ring (bicyclic) bond motifs is 2. The van der Waals surface area contributed by atoms with E-state index in [1.807, 2.05) is 23.1 Å². The lowest BCUT2D eigenvalue weighted by Gasteiger charge is -2.32. The Bertz CT molecular complexity index is 1140. The molecule has 8 nitrogen and oxygen atoms in total. The zero-order valence-electron chi connectivity index (χ0n) is 15.2. The van der Waals surface area contributed by atoms with Crippen LogP contribution >= 0.6 is 11.7 Å². The summed E-state index contributed by atoms with van der Waals surface area (Å²) in [5, 5.41) is 2.91. The van der Waals surface area contributed by atoms with Crippen LogP contribution < -0.4 is 14.9 Å². The van der Waals surface area contributed by atoms with E-state index in [0.717, 1.165) is 54.1 Å². The third-order valence-corrected chi connectivity index (χ3v) is 5.67. The minimum atomic E-state index is -3.37. The SMILES string of the molecule is CS(=O)(=O)Nc1cccc2c1CCCN2CC(=O)Nc1cccc2nsnc12. The van der Waals surface area contributed by atoms with Crippen LogP contribution in [-0.4, -0.2) is 42.4 Å². The van der Waals surface area contributed by atoms with Crippen molar-refractivity contribution < 1.29 is 13.2 Å². The lowest BCUT2D eigenvalue weighted by atomic mass is 10.00. The van der Waals surface area contributed by atoms with Crippen molar-refractivity contribution in [2.24, 2.45) is 0 Å². The van der Waals surface area contributed by atoms with Crippen molar-refractivity contribution in [3.8, 4) is 0 Å². The van der Waals surface area contributed by atoms with Gasteiger partial charge in [-0.25, -0.2) is 8.42 Å². The van der Waals surface area contributed by atoms with Crippen LogP contribution in [0.3, 0.4) is 0 Å². The molecule has 4 rings (SSSR count). The molecule has 0 unspecified atom stereocenters. The number of amides is 1. The molecule has 0 radical (unpaired) electrons. The quantitative estimate of drug-likeness (QED) is 0.661. The summed E-state index contributed by atoms with van der Waals surface area (Å²) in [7, 11) is -3.37. The molecule has 28 heavy (non-hydrogen) atoms. The van der Waals surface area contributed by atoms with Crippen molar-refractivity contribution in [3.63, 3.8) is 0 Å². The van der Waals surface area contributed by atoms with Gasteiger partial charge in [0, 0.05) is 12.2 Å². The monoisotopic (exact) mass is 417 g/mol. The van der Waals surface area contributed by atoms with E-state index in [4.69, 9.17) is 0 Å². The fraction of sp³-hybridized carbons (Fsp3) is 0.278. The van der Waals surface area contributed by atoms with Crippen molar-refractivity contribution in [2.75, 3.05) is 34.3 Å². The minimum Gasteiger partial charge on any atom is -0.362 e. The lowest BCUT2D eigenvalue weighted by Crippen LogP contribution is -2.37. The van der Waals surface area contributed by atoms with E-state index in [1.54, 1.807) is 18.2 Å². The molecule has 10 heteroatoms. The van der Waals surface area contributed by atoms with Crippen LogP contribution in [0.2, 0.25) is 0 Å². The van der Waals surface area contributed by atoms with Crippen molar-refractivity contribution in [1.82, 2.24) is 8.75 Å². The van der Waals surface area contributed by atoms with Gasteiger partial charge in [0.1, 0.15) is 11.0 Å². The first-order valence-electron chi connectivity index (χ1n) is 8.76. The van der Waals surface area contributed by atoms with Crippen LogP contribution in [0, 0.1) is 0 Å². The molecule has 0 spiro atoms. The maximum atomic E-state index is 12.7. The average molecular weight is 418 g/mol. The summed E-state index contributed by atoms with van der Waals surface area (Å²) < 4.78 is 34.3. The molecule has 0 aliphatic carbocycles. The van der Waals surface area contributed by atoms with Gasteiger partial charge in [0.25, 0.3) is 0 Å². The highest BCUT2D eigenvalue weighted by Crippen LogP contribution is 2.33. The van der Waals surface area contributed by atoms with Gasteiger partial charge in [0.15, 0.2) is 0 Å². The van der Waals surface area contributed by atoms with Gasteiger partial charge in [-0.3, -0.25) is 9.52 Å². The summed E-state index contributed by atoms with van der Waals surface area (Å²) in [6.07, 6.45) is 2.73. The van der Waals surface area contributed by atoms with Crippen molar-refractivity contribution in [2.45, 2.75) is 12.8 Å². The summed E-state index contributed by atoms with van der Waals surface area (Å²) in [6.45, 7) is 0.897.